The normalized spacial score (nSPS) is 11.0. The lowest BCUT2D eigenvalue weighted by Crippen LogP contribution is -2.42. The second-order valence-corrected chi connectivity index (χ2v) is 6.34. The molecule has 0 aliphatic carbocycles. The Morgan fingerprint density at radius 2 is 1.74 bits per heavy atom. The molecule has 0 bridgehead atoms. The highest BCUT2D eigenvalue weighted by atomic mass is 16.1. The van der Waals surface area contributed by atoms with Gasteiger partial charge in [0.2, 0.25) is 0 Å². The van der Waals surface area contributed by atoms with Gasteiger partial charge in [0.05, 0.1) is 11.6 Å². The number of hydrogen-bond donors (Lipinski definition) is 1. The molecule has 0 amide bonds. The summed E-state index contributed by atoms with van der Waals surface area (Å²) in [5, 5.41) is 12.2. The smallest absolute Gasteiger partial charge is 0.164 e. The van der Waals surface area contributed by atoms with E-state index < -0.39 is 0 Å². The lowest BCUT2D eigenvalue weighted by atomic mass is 9.94. The fourth-order valence-corrected chi connectivity index (χ4v) is 2.56. The largest absolute Gasteiger partial charge is 0.311 e. The average Bonchev–Trinajstić information content (AvgIpc) is 2.55. The van der Waals surface area contributed by atoms with E-state index in [1.165, 1.54) is 5.56 Å². The predicted octanol–water partition coefficient (Wildman–Crippen LogP) is 3.74. The molecular formula is C20H22N2O. The third-order valence-electron chi connectivity index (χ3n) is 3.78. The molecule has 0 saturated carbocycles. The average molecular weight is 306 g/mol. The van der Waals surface area contributed by atoms with Crippen molar-refractivity contribution >= 4 is 5.78 Å². The van der Waals surface area contributed by atoms with Crippen molar-refractivity contribution in [2.75, 3.05) is 6.54 Å². The van der Waals surface area contributed by atoms with Crippen LogP contribution in [0.4, 0.5) is 0 Å². The zero-order chi connectivity index (χ0) is 16.7. The molecule has 3 heteroatoms. The minimum Gasteiger partial charge on any atom is -0.311 e. The number of nitriles is 1. The lowest BCUT2D eigenvalue weighted by Gasteiger charge is -2.26. The fourth-order valence-electron chi connectivity index (χ4n) is 2.56. The number of nitrogens with zero attached hydrogens (tertiary/aromatic N) is 1. The van der Waals surface area contributed by atoms with Crippen LogP contribution in [0.3, 0.4) is 0 Å². The number of ketones is 1. The van der Waals surface area contributed by atoms with Gasteiger partial charge in [-0.05, 0) is 38.0 Å². The highest BCUT2D eigenvalue weighted by molar-refractivity contribution is 5.96. The highest BCUT2D eigenvalue weighted by Gasteiger charge is 2.18. The van der Waals surface area contributed by atoms with Gasteiger partial charge in [0.1, 0.15) is 0 Å². The SMILES string of the molecule is CC(C)(Cc1ccccc1)NCCC(=O)c1ccc(C#N)cc1. The molecule has 0 fully saturated rings. The molecule has 0 aromatic heterocycles. The van der Waals surface area contributed by atoms with E-state index in [0.29, 0.717) is 24.1 Å². The standard InChI is InChI=1S/C20H22N2O/c1-20(2,14-16-6-4-3-5-7-16)22-13-12-19(23)18-10-8-17(15-21)9-11-18/h3-11,22H,12-14H2,1-2H3. The van der Waals surface area contributed by atoms with E-state index in [1.807, 2.05) is 18.2 Å². The van der Waals surface area contributed by atoms with Crippen LogP contribution in [0.25, 0.3) is 0 Å². The van der Waals surface area contributed by atoms with Crippen molar-refractivity contribution in [3.8, 4) is 6.07 Å². The van der Waals surface area contributed by atoms with Gasteiger partial charge in [-0.1, -0.05) is 42.5 Å². The maximum atomic E-state index is 12.2. The summed E-state index contributed by atoms with van der Waals surface area (Å²) in [4.78, 5) is 12.2. The molecule has 0 aliphatic rings. The zero-order valence-electron chi connectivity index (χ0n) is 13.7. The van der Waals surface area contributed by atoms with Gasteiger partial charge in [-0.25, -0.2) is 0 Å². The Morgan fingerprint density at radius 3 is 2.35 bits per heavy atom. The van der Waals surface area contributed by atoms with Crippen LogP contribution >= 0.6 is 0 Å². The van der Waals surface area contributed by atoms with Gasteiger partial charge in [0, 0.05) is 24.1 Å². The van der Waals surface area contributed by atoms with Crippen molar-refractivity contribution in [3.63, 3.8) is 0 Å². The van der Waals surface area contributed by atoms with Crippen LogP contribution in [0.2, 0.25) is 0 Å². The molecule has 3 nitrogen and oxygen atoms in total. The molecule has 0 aliphatic heterocycles. The van der Waals surface area contributed by atoms with E-state index in [9.17, 15) is 4.79 Å². The maximum absolute atomic E-state index is 12.2. The van der Waals surface area contributed by atoms with Crippen LogP contribution in [0.15, 0.2) is 54.6 Å². The molecule has 118 valence electrons. The molecule has 1 N–H and O–H groups in total. The van der Waals surface area contributed by atoms with E-state index in [-0.39, 0.29) is 11.3 Å². The number of nitrogens with one attached hydrogen (secondary N) is 1. The second kappa shape index (κ2) is 7.71. The summed E-state index contributed by atoms with van der Waals surface area (Å²) in [5.74, 6) is 0.0949. The predicted molar refractivity (Wildman–Crippen MR) is 92.3 cm³/mol. The number of carbonyl (C=O) groups is 1. The van der Waals surface area contributed by atoms with Crippen LogP contribution in [-0.2, 0) is 6.42 Å². The first-order chi connectivity index (χ1) is 11.0. The van der Waals surface area contributed by atoms with Gasteiger partial charge < -0.3 is 5.32 Å². The van der Waals surface area contributed by atoms with Gasteiger partial charge in [-0.3, -0.25) is 4.79 Å². The third-order valence-corrected chi connectivity index (χ3v) is 3.78. The van der Waals surface area contributed by atoms with Gasteiger partial charge in [0.25, 0.3) is 0 Å². The molecule has 23 heavy (non-hydrogen) atoms. The monoisotopic (exact) mass is 306 g/mol. The van der Waals surface area contributed by atoms with Crippen molar-refractivity contribution in [2.24, 2.45) is 0 Å². The van der Waals surface area contributed by atoms with E-state index in [1.54, 1.807) is 24.3 Å². The minimum atomic E-state index is -0.0632. The van der Waals surface area contributed by atoms with Crippen LogP contribution in [0.5, 0.6) is 0 Å². The summed E-state index contributed by atoms with van der Waals surface area (Å²) < 4.78 is 0. The van der Waals surface area contributed by atoms with Crippen LogP contribution in [0, 0.1) is 11.3 Å². The van der Waals surface area contributed by atoms with E-state index in [2.05, 4.69) is 37.4 Å². The molecule has 2 aromatic rings. The summed E-state index contributed by atoms with van der Waals surface area (Å²) in [7, 11) is 0. The summed E-state index contributed by atoms with van der Waals surface area (Å²) in [6.07, 6.45) is 1.36. The van der Waals surface area contributed by atoms with Gasteiger partial charge in [0.15, 0.2) is 5.78 Å². The topological polar surface area (TPSA) is 52.9 Å². The number of Topliss-reactive ketones (excluding diaryl/α,β-unsaturated/α-hetero) is 1. The van der Waals surface area contributed by atoms with Gasteiger partial charge in [-0.2, -0.15) is 5.26 Å². The maximum Gasteiger partial charge on any atom is 0.164 e. The first-order valence-electron chi connectivity index (χ1n) is 7.82. The Balaban J connectivity index is 1.83. The second-order valence-electron chi connectivity index (χ2n) is 6.34. The zero-order valence-corrected chi connectivity index (χ0v) is 13.7. The van der Waals surface area contributed by atoms with Gasteiger partial charge >= 0.3 is 0 Å². The molecule has 2 rings (SSSR count). The molecule has 0 radical (unpaired) electrons. The number of hydrogen-bond acceptors (Lipinski definition) is 3. The van der Waals surface area contributed by atoms with Crippen LogP contribution < -0.4 is 5.32 Å². The summed E-state index contributed by atoms with van der Waals surface area (Å²) >= 11 is 0. The molecule has 0 heterocycles. The van der Waals surface area contributed by atoms with E-state index in [0.717, 1.165) is 6.42 Å². The van der Waals surface area contributed by atoms with E-state index in [4.69, 9.17) is 5.26 Å². The molecule has 0 unspecified atom stereocenters. The third kappa shape index (κ3) is 5.36. The van der Waals surface area contributed by atoms with Crippen molar-refractivity contribution in [1.29, 1.82) is 5.26 Å². The summed E-state index contributed by atoms with van der Waals surface area (Å²) in [6, 6.07) is 19.2. The minimum absolute atomic E-state index is 0.0632. The van der Waals surface area contributed by atoms with Crippen molar-refractivity contribution in [1.82, 2.24) is 5.32 Å². The summed E-state index contributed by atoms with van der Waals surface area (Å²) in [5.41, 5.74) is 2.45. The Morgan fingerprint density at radius 1 is 1.09 bits per heavy atom. The lowest BCUT2D eigenvalue weighted by molar-refractivity contribution is 0.0980. The molecular weight excluding hydrogens is 284 g/mol. The van der Waals surface area contributed by atoms with Gasteiger partial charge in [-0.15, -0.1) is 0 Å². The van der Waals surface area contributed by atoms with Crippen LogP contribution in [-0.4, -0.2) is 17.9 Å². The number of rotatable bonds is 7. The molecule has 2 aromatic carbocycles. The summed E-state index contributed by atoms with van der Waals surface area (Å²) in [6.45, 7) is 4.93. The number of carbonyl (C=O) groups excluding carboxylic acids is 1. The highest BCUT2D eigenvalue weighted by Crippen LogP contribution is 2.13. The molecule has 0 saturated heterocycles. The Bertz CT molecular complexity index is 682. The first-order valence-corrected chi connectivity index (χ1v) is 7.82. The quantitative estimate of drug-likeness (QED) is 0.793. The Hall–Kier alpha value is -2.44. The number of benzene rings is 2. The molecule has 0 spiro atoms. The van der Waals surface area contributed by atoms with Crippen molar-refractivity contribution in [3.05, 3.63) is 71.3 Å². The fraction of sp³-hybridized carbons (Fsp3) is 0.300. The Labute approximate surface area is 138 Å². The van der Waals surface area contributed by atoms with Crippen molar-refractivity contribution < 1.29 is 4.79 Å². The molecule has 0 atom stereocenters. The first kappa shape index (κ1) is 16.9. The van der Waals surface area contributed by atoms with Crippen LogP contribution in [0.1, 0.15) is 41.8 Å². The Kier molecular flexibility index (Phi) is 5.67. The van der Waals surface area contributed by atoms with E-state index >= 15 is 0 Å². The van der Waals surface area contributed by atoms with Crippen molar-refractivity contribution in [2.45, 2.75) is 32.2 Å².